The van der Waals surface area contributed by atoms with Gasteiger partial charge in [0, 0.05) is 24.6 Å². The third kappa shape index (κ3) is 2.17. The van der Waals surface area contributed by atoms with Gasteiger partial charge >= 0.3 is 0 Å². The van der Waals surface area contributed by atoms with E-state index in [1.165, 1.54) is 11.3 Å². The van der Waals surface area contributed by atoms with Gasteiger partial charge in [-0.3, -0.25) is 9.36 Å². The van der Waals surface area contributed by atoms with E-state index in [9.17, 15) is 4.79 Å². The van der Waals surface area contributed by atoms with Crippen molar-refractivity contribution in [1.82, 2.24) is 14.5 Å². The molecule has 0 fully saturated rings. The molecule has 5 nitrogen and oxygen atoms in total. The quantitative estimate of drug-likeness (QED) is 0.784. The number of fused-ring (bicyclic) bond motifs is 3. The Bertz CT molecular complexity index is 1030. The van der Waals surface area contributed by atoms with E-state index in [1.54, 1.807) is 17.1 Å². The second-order valence-electron chi connectivity index (χ2n) is 5.69. The Hall–Kier alpha value is -2.47. The van der Waals surface area contributed by atoms with Crippen LogP contribution in [0.3, 0.4) is 0 Å². The van der Waals surface area contributed by atoms with Crippen LogP contribution < -0.4 is 10.9 Å². The summed E-state index contributed by atoms with van der Waals surface area (Å²) < 4.78 is 2.27. The van der Waals surface area contributed by atoms with E-state index in [2.05, 4.69) is 34.4 Å². The average Bonchev–Trinajstić information content (AvgIpc) is 2.96. The van der Waals surface area contributed by atoms with Crippen LogP contribution in [0.4, 0.5) is 5.69 Å². The first kappa shape index (κ1) is 14.1. The number of pyridine rings is 1. The molecule has 0 radical (unpaired) electrons. The van der Waals surface area contributed by atoms with Crippen LogP contribution in [0.1, 0.15) is 13.3 Å². The molecule has 1 aliphatic carbocycles. The zero-order valence-corrected chi connectivity index (χ0v) is 13.7. The number of anilines is 1. The van der Waals surface area contributed by atoms with Crippen molar-refractivity contribution in [3.63, 3.8) is 0 Å². The summed E-state index contributed by atoms with van der Waals surface area (Å²) >= 11 is 1.40. The molecule has 3 heterocycles. The number of hydrogen-bond donors (Lipinski definition) is 1. The lowest BCUT2D eigenvalue weighted by molar-refractivity contribution is 0.732. The summed E-state index contributed by atoms with van der Waals surface area (Å²) in [5.74, 6) is 0.512. The maximum atomic E-state index is 12.9. The minimum absolute atomic E-state index is 0.0366. The molecule has 3 aromatic rings. The highest BCUT2D eigenvalue weighted by Gasteiger charge is 2.16. The van der Waals surface area contributed by atoms with Crippen molar-refractivity contribution in [2.24, 2.45) is 5.92 Å². The van der Waals surface area contributed by atoms with Gasteiger partial charge < -0.3 is 5.32 Å². The van der Waals surface area contributed by atoms with Gasteiger partial charge in [-0.1, -0.05) is 19.1 Å². The maximum absolute atomic E-state index is 12.9. The molecular formula is C17H16N4OS. The standard InChI is InChI=1S/C17H16N4OS/c1-10-3-5-11(6-4-10)21-9-20-14-13-12(18-2)7-8-19-16(13)23-15(14)17(21)22/h3,5-10H,4H2,1-2H3,(H,18,19). The Kier molecular flexibility index (Phi) is 3.27. The third-order valence-corrected chi connectivity index (χ3v) is 5.20. The van der Waals surface area contributed by atoms with Gasteiger partial charge in [-0.2, -0.15) is 0 Å². The number of thiophene rings is 1. The van der Waals surface area contributed by atoms with Gasteiger partial charge in [-0.05, 0) is 24.5 Å². The van der Waals surface area contributed by atoms with Gasteiger partial charge in [-0.15, -0.1) is 11.3 Å². The molecule has 0 bridgehead atoms. The number of nitrogens with one attached hydrogen (secondary N) is 1. The van der Waals surface area contributed by atoms with Gasteiger partial charge in [-0.25, -0.2) is 9.97 Å². The van der Waals surface area contributed by atoms with Crippen LogP contribution >= 0.6 is 11.3 Å². The molecule has 0 amide bonds. The summed E-state index contributed by atoms with van der Waals surface area (Å²) in [5, 5.41) is 4.06. The second kappa shape index (κ2) is 5.31. The number of nitrogens with zero attached hydrogens (tertiary/aromatic N) is 3. The summed E-state index contributed by atoms with van der Waals surface area (Å²) in [6.45, 7) is 2.16. The zero-order chi connectivity index (χ0) is 16.0. The molecule has 1 aliphatic rings. The van der Waals surface area contributed by atoms with Crippen molar-refractivity contribution in [3.8, 4) is 0 Å². The molecule has 6 heteroatoms. The lowest BCUT2D eigenvalue weighted by Gasteiger charge is -2.13. The molecule has 1 unspecified atom stereocenters. The highest BCUT2D eigenvalue weighted by molar-refractivity contribution is 7.25. The average molecular weight is 324 g/mol. The minimum Gasteiger partial charge on any atom is -0.387 e. The van der Waals surface area contributed by atoms with E-state index in [0.717, 1.165) is 33.5 Å². The van der Waals surface area contributed by atoms with Crippen LogP contribution in [0.25, 0.3) is 26.1 Å². The van der Waals surface area contributed by atoms with Gasteiger partial charge in [0.05, 0.1) is 10.9 Å². The van der Waals surface area contributed by atoms with Crippen molar-refractivity contribution < 1.29 is 0 Å². The van der Waals surface area contributed by atoms with E-state index >= 15 is 0 Å². The Balaban J connectivity index is 1.98. The SMILES string of the molecule is CNc1ccnc2sc3c(=O)n(C4=CCC(C)C=C4)cnc3c12. The largest absolute Gasteiger partial charge is 0.387 e. The van der Waals surface area contributed by atoms with Crippen LogP contribution in [0.5, 0.6) is 0 Å². The van der Waals surface area contributed by atoms with Gasteiger partial charge in [0.25, 0.3) is 5.56 Å². The first-order chi connectivity index (χ1) is 11.2. The van der Waals surface area contributed by atoms with E-state index in [-0.39, 0.29) is 5.56 Å². The van der Waals surface area contributed by atoms with Crippen molar-refractivity contribution in [1.29, 1.82) is 0 Å². The Morgan fingerprint density at radius 2 is 2.26 bits per heavy atom. The fourth-order valence-corrected chi connectivity index (χ4v) is 3.89. The van der Waals surface area contributed by atoms with E-state index in [0.29, 0.717) is 10.6 Å². The van der Waals surface area contributed by atoms with E-state index < -0.39 is 0 Å². The summed E-state index contributed by atoms with van der Waals surface area (Å²) in [6.07, 6.45) is 10.5. The fraction of sp³-hybridized carbons (Fsp3) is 0.235. The van der Waals surface area contributed by atoms with E-state index in [1.807, 2.05) is 19.2 Å². The molecule has 1 atom stereocenters. The highest BCUT2D eigenvalue weighted by Crippen LogP contribution is 2.34. The number of allylic oxidation sites excluding steroid dienone is 4. The predicted molar refractivity (Wildman–Crippen MR) is 95.9 cm³/mol. The fourth-order valence-electron chi connectivity index (χ4n) is 2.84. The minimum atomic E-state index is -0.0366. The molecule has 0 saturated heterocycles. The van der Waals surface area contributed by atoms with E-state index in [4.69, 9.17) is 0 Å². The lowest BCUT2D eigenvalue weighted by Crippen LogP contribution is -2.19. The lowest BCUT2D eigenvalue weighted by atomic mass is 10.0. The first-order valence-corrected chi connectivity index (χ1v) is 8.36. The summed E-state index contributed by atoms with van der Waals surface area (Å²) in [4.78, 5) is 22.7. The molecule has 4 rings (SSSR count). The molecule has 0 aromatic carbocycles. The molecule has 0 spiro atoms. The van der Waals surface area contributed by atoms with Crippen LogP contribution in [0, 0.1) is 5.92 Å². The Morgan fingerprint density at radius 1 is 1.39 bits per heavy atom. The van der Waals surface area contributed by atoms with Crippen molar-refractivity contribution in [2.45, 2.75) is 13.3 Å². The number of rotatable bonds is 2. The number of aromatic nitrogens is 3. The first-order valence-electron chi connectivity index (χ1n) is 7.54. The monoisotopic (exact) mass is 324 g/mol. The van der Waals surface area contributed by atoms with Crippen molar-refractivity contribution in [3.05, 3.63) is 47.2 Å². The third-order valence-electron chi connectivity index (χ3n) is 4.12. The summed E-state index contributed by atoms with van der Waals surface area (Å²) in [5.41, 5.74) is 2.52. The molecule has 1 N–H and O–H groups in total. The van der Waals surface area contributed by atoms with Crippen molar-refractivity contribution in [2.75, 3.05) is 12.4 Å². The normalized spacial score (nSPS) is 17.7. The molecular weight excluding hydrogens is 308 g/mol. The van der Waals surface area contributed by atoms with Gasteiger partial charge in [0.1, 0.15) is 15.9 Å². The smallest absolute Gasteiger partial charge is 0.275 e. The van der Waals surface area contributed by atoms with Crippen LogP contribution in [0.2, 0.25) is 0 Å². The maximum Gasteiger partial charge on any atom is 0.275 e. The van der Waals surface area contributed by atoms with Crippen LogP contribution in [-0.4, -0.2) is 21.6 Å². The zero-order valence-electron chi connectivity index (χ0n) is 12.9. The topological polar surface area (TPSA) is 59.8 Å². The number of hydrogen-bond acceptors (Lipinski definition) is 5. The Labute approximate surface area is 137 Å². The van der Waals surface area contributed by atoms with Crippen LogP contribution in [0.15, 0.2) is 41.6 Å². The second-order valence-corrected chi connectivity index (χ2v) is 6.69. The summed E-state index contributed by atoms with van der Waals surface area (Å²) in [6, 6.07) is 1.90. The predicted octanol–water partition coefficient (Wildman–Crippen LogP) is 3.48. The Morgan fingerprint density at radius 3 is 3.00 bits per heavy atom. The highest BCUT2D eigenvalue weighted by atomic mass is 32.1. The molecule has 3 aromatic heterocycles. The molecule has 23 heavy (non-hydrogen) atoms. The molecule has 0 aliphatic heterocycles. The van der Waals surface area contributed by atoms with Crippen molar-refractivity contribution >= 4 is 43.2 Å². The van der Waals surface area contributed by atoms with Gasteiger partial charge in [0.2, 0.25) is 0 Å². The van der Waals surface area contributed by atoms with Gasteiger partial charge in [0.15, 0.2) is 0 Å². The van der Waals surface area contributed by atoms with Crippen LogP contribution in [-0.2, 0) is 0 Å². The summed E-state index contributed by atoms with van der Waals surface area (Å²) in [7, 11) is 1.86. The molecule has 0 saturated carbocycles. The molecule has 116 valence electrons.